The lowest BCUT2D eigenvalue weighted by Crippen LogP contribution is -2.18. The summed E-state index contributed by atoms with van der Waals surface area (Å²) in [5.74, 6) is -0.308. The van der Waals surface area contributed by atoms with Gasteiger partial charge in [-0.1, -0.05) is 12.1 Å². The number of aromatic nitrogens is 3. The fraction of sp³-hybridized carbons (Fsp3) is 0.0800. The van der Waals surface area contributed by atoms with Gasteiger partial charge in [-0.25, -0.2) is 4.98 Å². The molecule has 5 aromatic rings. The zero-order valence-corrected chi connectivity index (χ0v) is 18.0. The molecule has 0 atom stereocenters. The molecule has 5 nitrogen and oxygen atoms in total. The monoisotopic (exact) mass is 500 g/mol. The van der Waals surface area contributed by atoms with E-state index in [9.17, 15) is 31.1 Å². The van der Waals surface area contributed by atoms with Crippen molar-refractivity contribution in [1.82, 2.24) is 14.5 Å². The summed E-state index contributed by atoms with van der Waals surface area (Å²) < 4.78 is 82.3. The number of hydrogen-bond acceptors (Lipinski definition) is 4. The van der Waals surface area contributed by atoms with E-state index >= 15 is 0 Å². The van der Waals surface area contributed by atoms with Gasteiger partial charge < -0.3 is 5.73 Å². The minimum atomic E-state index is -4.72. The highest BCUT2D eigenvalue weighted by molar-refractivity contribution is 6.05. The van der Waals surface area contributed by atoms with E-state index in [-0.39, 0.29) is 33.5 Å². The van der Waals surface area contributed by atoms with Crippen molar-refractivity contribution in [3.63, 3.8) is 0 Å². The van der Waals surface area contributed by atoms with Crippen LogP contribution in [0.15, 0.2) is 77.9 Å². The summed E-state index contributed by atoms with van der Waals surface area (Å²) in [6, 6.07) is 11.9. The third kappa shape index (κ3) is 4.02. The first-order valence-corrected chi connectivity index (χ1v) is 10.4. The molecule has 0 aliphatic carbocycles. The second kappa shape index (κ2) is 8.08. The Labute approximate surface area is 198 Å². The average Bonchev–Trinajstić information content (AvgIpc) is 2.82. The summed E-state index contributed by atoms with van der Waals surface area (Å²) in [4.78, 5) is 21.0. The van der Waals surface area contributed by atoms with E-state index in [4.69, 9.17) is 5.73 Å². The summed E-state index contributed by atoms with van der Waals surface area (Å²) in [5, 5.41) is 0.674. The first-order chi connectivity index (χ1) is 16.9. The topological polar surface area (TPSA) is 73.8 Å². The number of anilines is 1. The van der Waals surface area contributed by atoms with E-state index in [1.54, 1.807) is 0 Å². The third-order valence-electron chi connectivity index (χ3n) is 5.69. The van der Waals surface area contributed by atoms with Gasteiger partial charge in [-0.05, 0) is 48.0 Å². The highest BCUT2D eigenvalue weighted by atomic mass is 19.4. The van der Waals surface area contributed by atoms with Gasteiger partial charge in [-0.2, -0.15) is 26.3 Å². The second-order valence-electron chi connectivity index (χ2n) is 8.00. The van der Waals surface area contributed by atoms with Crippen LogP contribution in [0.3, 0.4) is 0 Å². The average molecular weight is 500 g/mol. The summed E-state index contributed by atoms with van der Waals surface area (Å²) >= 11 is 0. The van der Waals surface area contributed by atoms with Crippen LogP contribution in [0, 0.1) is 0 Å². The first kappa shape index (κ1) is 23.3. The van der Waals surface area contributed by atoms with Gasteiger partial charge in [-0.15, -0.1) is 0 Å². The van der Waals surface area contributed by atoms with Crippen molar-refractivity contribution in [1.29, 1.82) is 0 Å². The number of benzene rings is 2. The van der Waals surface area contributed by atoms with E-state index in [1.165, 1.54) is 48.7 Å². The molecule has 11 heteroatoms. The molecule has 2 aromatic carbocycles. The van der Waals surface area contributed by atoms with Crippen molar-refractivity contribution in [3.8, 4) is 16.8 Å². The SMILES string of the molecule is Nc1cc(C(F)(F)F)c(-c2ccc3ncc4ccc(=O)n(-c5cccc(C(F)(F)F)c5)c4c3c2)cn1. The van der Waals surface area contributed by atoms with Crippen LogP contribution in [0.5, 0.6) is 0 Å². The van der Waals surface area contributed by atoms with Crippen LogP contribution in [0.2, 0.25) is 0 Å². The first-order valence-electron chi connectivity index (χ1n) is 10.4. The Morgan fingerprint density at radius 1 is 0.806 bits per heavy atom. The standard InChI is InChI=1S/C25H14F6N4O/c26-24(27,28)15-2-1-3-16(9-15)35-22(36)7-5-14-11-33-20-6-4-13(8-17(20)23(14)35)18-12-34-21(32)10-19(18)25(29,30)31/h1-12H,(H2,32,34). The van der Waals surface area contributed by atoms with Crippen LogP contribution in [0.25, 0.3) is 38.6 Å². The maximum atomic E-state index is 13.7. The Morgan fingerprint density at radius 2 is 1.58 bits per heavy atom. The van der Waals surface area contributed by atoms with E-state index in [2.05, 4.69) is 9.97 Å². The lowest BCUT2D eigenvalue weighted by Gasteiger charge is -2.16. The predicted octanol–water partition coefficient (Wildman–Crippen LogP) is 6.22. The largest absolute Gasteiger partial charge is 0.417 e. The van der Waals surface area contributed by atoms with Crippen LogP contribution in [0.1, 0.15) is 11.1 Å². The Bertz CT molecular complexity index is 1710. The molecule has 0 aliphatic heterocycles. The highest BCUT2D eigenvalue weighted by Crippen LogP contribution is 2.39. The molecule has 0 unspecified atom stereocenters. The van der Waals surface area contributed by atoms with E-state index in [0.717, 1.165) is 29.0 Å². The summed E-state index contributed by atoms with van der Waals surface area (Å²) in [6.45, 7) is 0. The molecule has 36 heavy (non-hydrogen) atoms. The number of pyridine rings is 3. The lowest BCUT2D eigenvalue weighted by atomic mass is 9.98. The summed E-state index contributed by atoms with van der Waals surface area (Å²) in [6.07, 6.45) is -6.93. The van der Waals surface area contributed by atoms with Gasteiger partial charge in [0.1, 0.15) is 5.82 Å². The van der Waals surface area contributed by atoms with Gasteiger partial charge >= 0.3 is 12.4 Å². The maximum Gasteiger partial charge on any atom is 0.417 e. The zero-order chi connectivity index (χ0) is 25.8. The molecule has 5 rings (SSSR count). The van der Waals surface area contributed by atoms with Gasteiger partial charge in [0.15, 0.2) is 0 Å². The molecule has 0 aliphatic rings. The minimum Gasteiger partial charge on any atom is -0.384 e. The van der Waals surface area contributed by atoms with Gasteiger partial charge in [0.2, 0.25) is 0 Å². The Kier molecular flexibility index (Phi) is 5.24. The van der Waals surface area contributed by atoms with Gasteiger partial charge in [0.05, 0.1) is 22.2 Å². The molecule has 0 saturated heterocycles. The van der Waals surface area contributed by atoms with Gasteiger partial charge in [-0.3, -0.25) is 14.3 Å². The van der Waals surface area contributed by atoms with Crippen LogP contribution in [0.4, 0.5) is 32.2 Å². The molecule has 3 aromatic heterocycles. The third-order valence-corrected chi connectivity index (χ3v) is 5.69. The number of nitrogens with zero attached hydrogens (tertiary/aromatic N) is 3. The van der Waals surface area contributed by atoms with Crippen LogP contribution in [-0.4, -0.2) is 14.5 Å². The van der Waals surface area contributed by atoms with Crippen LogP contribution < -0.4 is 11.3 Å². The molecule has 0 radical (unpaired) electrons. The lowest BCUT2D eigenvalue weighted by molar-refractivity contribution is -0.138. The quantitative estimate of drug-likeness (QED) is 0.231. The molecule has 182 valence electrons. The van der Waals surface area contributed by atoms with Crippen molar-refractivity contribution in [3.05, 3.63) is 94.5 Å². The number of rotatable bonds is 2. The normalized spacial score (nSPS) is 12.4. The van der Waals surface area contributed by atoms with E-state index in [1.807, 2.05) is 0 Å². The fourth-order valence-corrected chi connectivity index (χ4v) is 4.09. The van der Waals surface area contributed by atoms with Crippen molar-refractivity contribution < 1.29 is 26.3 Å². The Balaban J connectivity index is 1.85. The minimum absolute atomic E-state index is 0.0524. The van der Waals surface area contributed by atoms with Gasteiger partial charge in [0, 0.05) is 40.5 Å². The molecule has 0 fully saturated rings. The maximum absolute atomic E-state index is 13.7. The molecular formula is C25H14F6N4O. The molecule has 0 amide bonds. The smallest absolute Gasteiger partial charge is 0.384 e. The van der Waals surface area contributed by atoms with Crippen molar-refractivity contribution >= 4 is 27.6 Å². The van der Waals surface area contributed by atoms with Crippen LogP contribution in [-0.2, 0) is 12.4 Å². The highest BCUT2D eigenvalue weighted by Gasteiger charge is 2.34. The molecule has 0 bridgehead atoms. The number of fused-ring (bicyclic) bond motifs is 3. The number of nitrogens with two attached hydrogens (primary N) is 1. The number of hydrogen-bond donors (Lipinski definition) is 1. The van der Waals surface area contributed by atoms with Crippen molar-refractivity contribution in [2.75, 3.05) is 5.73 Å². The number of alkyl halides is 6. The van der Waals surface area contributed by atoms with Crippen molar-refractivity contribution in [2.45, 2.75) is 12.4 Å². The Morgan fingerprint density at radius 3 is 2.31 bits per heavy atom. The number of halogens is 6. The second-order valence-corrected chi connectivity index (χ2v) is 8.00. The molecular weight excluding hydrogens is 486 g/mol. The summed E-state index contributed by atoms with van der Waals surface area (Å²) in [7, 11) is 0. The zero-order valence-electron chi connectivity index (χ0n) is 18.0. The summed E-state index contributed by atoms with van der Waals surface area (Å²) in [5.41, 5.74) is 3.24. The fourth-order valence-electron chi connectivity index (χ4n) is 4.09. The van der Waals surface area contributed by atoms with E-state index in [0.29, 0.717) is 10.9 Å². The van der Waals surface area contributed by atoms with Gasteiger partial charge in [0.25, 0.3) is 5.56 Å². The predicted molar refractivity (Wildman–Crippen MR) is 122 cm³/mol. The van der Waals surface area contributed by atoms with E-state index < -0.39 is 29.0 Å². The molecule has 0 spiro atoms. The molecule has 2 N–H and O–H groups in total. The number of nitrogen functional groups attached to an aromatic ring is 1. The molecule has 3 heterocycles. The van der Waals surface area contributed by atoms with Crippen molar-refractivity contribution in [2.24, 2.45) is 0 Å². The van der Waals surface area contributed by atoms with Crippen LogP contribution >= 0.6 is 0 Å². The molecule has 0 saturated carbocycles. The Hall–Kier alpha value is -4.41.